The van der Waals surface area contributed by atoms with Crippen LogP contribution in [-0.4, -0.2) is 14.1 Å². The van der Waals surface area contributed by atoms with Crippen LogP contribution < -0.4 is 0 Å². The molecule has 0 fully saturated rings. The SMILES string of the molecule is c1ccc(-n2c3ccccc3c3c4[nH]c5ccc(-n6c7ccccc7c7ccccc76)cc5c4ccc32)cc1. The molecule has 0 unspecified atom stereocenters. The Morgan fingerprint density at radius 3 is 1.69 bits per heavy atom. The molecule has 3 heterocycles. The van der Waals surface area contributed by atoms with Gasteiger partial charge in [0.1, 0.15) is 0 Å². The number of para-hydroxylation sites is 4. The normalized spacial score (nSPS) is 12.1. The van der Waals surface area contributed by atoms with Gasteiger partial charge in [-0.05, 0) is 54.6 Å². The van der Waals surface area contributed by atoms with Gasteiger partial charge in [-0.25, -0.2) is 0 Å². The smallest absolute Gasteiger partial charge is 0.0566 e. The van der Waals surface area contributed by atoms with E-state index in [9.17, 15) is 0 Å². The molecule has 0 bridgehead atoms. The minimum Gasteiger partial charge on any atom is -0.354 e. The van der Waals surface area contributed by atoms with Gasteiger partial charge in [0.15, 0.2) is 0 Å². The number of rotatable bonds is 2. The Labute approximate surface area is 224 Å². The minimum absolute atomic E-state index is 1.15. The summed E-state index contributed by atoms with van der Waals surface area (Å²) < 4.78 is 4.77. The van der Waals surface area contributed by atoms with Crippen LogP contribution in [0.5, 0.6) is 0 Å². The highest BCUT2D eigenvalue weighted by atomic mass is 15.0. The van der Waals surface area contributed by atoms with Gasteiger partial charge in [0.2, 0.25) is 0 Å². The van der Waals surface area contributed by atoms with Gasteiger partial charge in [0.05, 0.1) is 27.6 Å². The van der Waals surface area contributed by atoms with Crippen LogP contribution in [-0.2, 0) is 0 Å². The Morgan fingerprint density at radius 1 is 0.385 bits per heavy atom. The summed E-state index contributed by atoms with van der Waals surface area (Å²) in [5, 5.41) is 7.57. The van der Waals surface area contributed by atoms with Crippen LogP contribution in [0.3, 0.4) is 0 Å². The summed E-state index contributed by atoms with van der Waals surface area (Å²) in [6.45, 7) is 0. The van der Waals surface area contributed by atoms with Crippen molar-refractivity contribution in [2.24, 2.45) is 0 Å². The standard InChI is InChI=1S/C36H23N3/c1-2-10-23(11-3-1)38-33-17-9-6-14-28(33)35-34(38)21-19-27-29-22-24(18-20-30(29)37-36(27)35)39-31-15-7-4-12-25(31)26-13-5-8-16-32(26)39/h1-22,37H. The van der Waals surface area contributed by atoms with Crippen LogP contribution in [0.2, 0.25) is 0 Å². The predicted molar refractivity (Wildman–Crippen MR) is 164 cm³/mol. The zero-order valence-corrected chi connectivity index (χ0v) is 21.1. The summed E-state index contributed by atoms with van der Waals surface area (Å²) in [7, 11) is 0. The molecule has 3 heteroatoms. The number of nitrogens with zero attached hydrogens (tertiary/aromatic N) is 2. The Morgan fingerprint density at radius 2 is 0.974 bits per heavy atom. The first-order chi connectivity index (χ1) is 19.4. The van der Waals surface area contributed by atoms with Crippen LogP contribution in [0.25, 0.3) is 76.8 Å². The monoisotopic (exact) mass is 497 g/mol. The molecular weight excluding hydrogens is 474 g/mol. The second-order valence-electron chi connectivity index (χ2n) is 10.3. The van der Waals surface area contributed by atoms with Crippen molar-refractivity contribution in [2.75, 3.05) is 0 Å². The molecule has 0 aliphatic heterocycles. The van der Waals surface area contributed by atoms with E-state index in [-0.39, 0.29) is 0 Å². The van der Waals surface area contributed by atoms with Gasteiger partial charge in [-0.2, -0.15) is 0 Å². The first-order valence-corrected chi connectivity index (χ1v) is 13.4. The lowest BCUT2D eigenvalue weighted by molar-refractivity contribution is 1.18. The third-order valence-corrected chi connectivity index (χ3v) is 8.24. The highest BCUT2D eigenvalue weighted by molar-refractivity contribution is 6.25. The van der Waals surface area contributed by atoms with E-state index in [0.717, 1.165) is 5.52 Å². The Balaban J connectivity index is 1.37. The van der Waals surface area contributed by atoms with Gasteiger partial charge in [0.25, 0.3) is 0 Å². The lowest BCUT2D eigenvalue weighted by Crippen LogP contribution is -1.93. The number of H-pyrrole nitrogens is 1. The van der Waals surface area contributed by atoms with Gasteiger partial charge in [0, 0.05) is 49.2 Å². The van der Waals surface area contributed by atoms with E-state index in [1.165, 1.54) is 71.3 Å². The summed E-state index contributed by atoms with van der Waals surface area (Å²) in [5.41, 5.74) is 9.57. The molecule has 0 amide bonds. The van der Waals surface area contributed by atoms with E-state index in [1.54, 1.807) is 0 Å². The molecular formula is C36H23N3. The third-order valence-electron chi connectivity index (χ3n) is 8.24. The Bertz CT molecular complexity index is 2330. The van der Waals surface area contributed by atoms with Crippen molar-refractivity contribution < 1.29 is 0 Å². The van der Waals surface area contributed by atoms with Crippen LogP contribution in [0.4, 0.5) is 0 Å². The molecule has 0 radical (unpaired) electrons. The zero-order valence-electron chi connectivity index (χ0n) is 21.1. The lowest BCUT2D eigenvalue weighted by atomic mass is 10.1. The Hall–Kier alpha value is -5.28. The van der Waals surface area contributed by atoms with E-state index in [0.29, 0.717) is 0 Å². The molecule has 0 aliphatic rings. The number of hydrogen-bond donors (Lipinski definition) is 1. The van der Waals surface area contributed by atoms with Crippen molar-refractivity contribution >= 4 is 65.4 Å². The van der Waals surface area contributed by atoms with Crippen molar-refractivity contribution in [2.45, 2.75) is 0 Å². The number of aromatic nitrogens is 3. The largest absolute Gasteiger partial charge is 0.354 e. The van der Waals surface area contributed by atoms with Crippen molar-refractivity contribution in [3.63, 3.8) is 0 Å². The molecule has 39 heavy (non-hydrogen) atoms. The highest BCUT2D eigenvalue weighted by Crippen LogP contribution is 2.40. The molecule has 9 aromatic rings. The van der Waals surface area contributed by atoms with Gasteiger partial charge < -0.3 is 14.1 Å². The molecule has 3 aromatic heterocycles. The highest BCUT2D eigenvalue weighted by Gasteiger charge is 2.18. The first kappa shape index (κ1) is 20.7. The van der Waals surface area contributed by atoms with E-state index in [2.05, 4.69) is 148 Å². The summed E-state index contributed by atoms with van der Waals surface area (Å²) in [5.74, 6) is 0. The molecule has 6 aromatic carbocycles. The second kappa shape index (κ2) is 7.62. The van der Waals surface area contributed by atoms with Crippen molar-refractivity contribution in [3.05, 3.63) is 133 Å². The number of fused-ring (bicyclic) bond motifs is 10. The summed E-state index contributed by atoms with van der Waals surface area (Å²) in [6, 6.07) is 48.1. The molecule has 3 nitrogen and oxygen atoms in total. The van der Waals surface area contributed by atoms with E-state index in [4.69, 9.17) is 0 Å². The fourth-order valence-corrected chi connectivity index (χ4v) is 6.61. The van der Waals surface area contributed by atoms with Gasteiger partial charge in [-0.3, -0.25) is 0 Å². The first-order valence-electron chi connectivity index (χ1n) is 13.4. The molecule has 0 saturated carbocycles. The average molecular weight is 498 g/mol. The summed E-state index contributed by atoms with van der Waals surface area (Å²) in [6.07, 6.45) is 0. The van der Waals surface area contributed by atoms with Crippen molar-refractivity contribution in [3.8, 4) is 11.4 Å². The summed E-state index contributed by atoms with van der Waals surface area (Å²) in [4.78, 5) is 3.80. The van der Waals surface area contributed by atoms with E-state index >= 15 is 0 Å². The number of benzene rings is 6. The topological polar surface area (TPSA) is 25.6 Å². The van der Waals surface area contributed by atoms with Crippen molar-refractivity contribution in [1.29, 1.82) is 0 Å². The van der Waals surface area contributed by atoms with E-state index < -0.39 is 0 Å². The average Bonchev–Trinajstić information content (AvgIpc) is 3.65. The third kappa shape index (κ3) is 2.76. The molecule has 0 saturated heterocycles. The molecule has 182 valence electrons. The van der Waals surface area contributed by atoms with Crippen LogP contribution >= 0.6 is 0 Å². The molecule has 0 atom stereocenters. The van der Waals surface area contributed by atoms with Crippen LogP contribution in [0.15, 0.2) is 133 Å². The minimum atomic E-state index is 1.15. The number of hydrogen-bond acceptors (Lipinski definition) is 0. The van der Waals surface area contributed by atoms with Gasteiger partial charge >= 0.3 is 0 Å². The maximum atomic E-state index is 3.80. The number of nitrogens with one attached hydrogen (secondary N) is 1. The quantitative estimate of drug-likeness (QED) is 0.246. The molecule has 0 aliphatic carbocycles. The molecule has 1 N–H and O–H groups in total. The van der Waals surface area contributed by atoms with Crippen LogP contribution in [0.1, 0.15) is 0 Å². The van der Waals surface area contributed by atoms with Gasteiger partial charge in [-0.1, -0.05) is 78.9 Å². The maximum Gasteiger partial charge on any atom is 0.0566 e. The zero-order chi connectivity index (χ0) is 25.5. The van der Waals surface area contributed by atoms with Gasteiger partial charge in [-0.15, -0.1) is 0 Å². The number of aromatic amines is 1. The van der Waals surface area contributed by atoms with E-state index in [1.807, 2.05) is 0 Å². The van der Waals surface area contributed by atoms with Crippen LogP contribution in [0, 0.1) is 0 Å². The fourth-order valence-electron chi connectivity index (χ4n) is 6.61. The second-order valence-corrected chi connectivity index (χ2v) is 10.3. The predicted octanol–water partition coefficient (Wildman–Crippen LogP) is 9.52. The van der Waals surface area contributed by atoms with Crippen molar-refractivity contribution in [1.82, 2.24) is 14.1 Å². The molecule has 9 rings (SSSR count). The lowest BCUT2D eigenvalue weighted by Gasteiger charge is -2.08. The maximum absolute atomic E-state index is 3.80. The summed E-state index contributed by atoms with van der Waals surface area (Å²) >= 11 is 0. The Kier molecular flexibility index (Phi) is 4.05. The molecule has 0 spiro atoms. The fraction of sp³-hybridized carbons (Fsp3) is 0.